The molecule has 1 atom stereocenters. The Balaban J connectivity index is 1.39. The zero-order chi connectivity index (χ0) is 28.4. The van der Waals surface area contributed by atoms with Crippen molar-refractivity contribution in [1.82, 2.24) is 20.0 Å². The SMILES string of the molecule is CCOC(=O)C1=C(CN2CCCN(C(=O)c3ccc4c(c3)OCO4)CC2)N(C)C(=O)N[C@@H]1c1cccc(Cl)c1Cl. The maximum absolute atomic E-state index is 13.3. The third kappa shape index (κ3) is 5.56. The number of halogens is 2. The molecule has 212 valence electrons. The van der Waals surface area contributed by atoms with Crippen LogP contribution < -0.4 is 14.8 Å². The van der Waals surface area contributed by atoms with Crippen molar-refractivity contribution in [2.75, 3.05) is 53.2 Å². The van der Waals surface area contributed by atoms with E-state index < -0.39 is 12.0 Å². The molecule has 2 aromatic rings. The molecule has 1 fully saturated rings. The minimum Gasteiger partial charge on any atom is -0.463 e. The van der Waals surface area contributed by atoms with Crippen molar-refractivity contribution in [3.8, 4) is 11.5 Å². The van der Waals surface area contributed by atoms with Gasteiger partial charge in [-0.15, -0.1) is 0 Å². The molecular weight excluding hydrogens is 559 g/mol. The number of rotatable bonds is 6. The predicted molar refractivity (Wildman–Crippen MR) is 149 cm³/mol. The van der Waals surface area contributed by atoms with Crippen molar-refractivity contribution in [2.24, 2.45) is 0 Å². The molecule has 3 aliphatic heterocycles. The standard InChI is InChI=1S/C28H30Cl2N4O6/c1-3-38-27(36)23-20(32(2)28(37)31-25(23)18-6-4-7-19(29)24(18)30)15-33-10-5-11-34(13-12-33)26(35)17-8-9-21-22(14-17)40-16-39-21/h4,6-9,14,25H,3,5,10-13,15-16H2,1-2H3,(H,31,37)/t25-/m1/s1. The number of fused-ring (bicyclic) bond motifs is 1. The third-order valence-electron chi connectivity index (χ3n) is 7.23. The Morgan fingerprint density at radius 3 is 2.67 bits per heavy atom. The van der Waals surface area contributed by atoms with Gasteiger partial charge in [-0.1, -0.05) is 35.3 Å². The van der Waals surface area contributed by atoms with E-state index in [1.807, 2.05) is 4.90 Å². The first-order chi connectivity index (χ1) is 19.3. The second kappa shape index (κ2) is 12.0. The zero-order valence-corrected chi connectivity index (χ0v) is 23.8. The average molecular weight is 589 g/mol. The lowest BCUT2D eigenvalue weighted by Crippen LogP contribution is -2.49. The van der Waals surface area contributed by atoms with Gasteiger partial charge in [0.25, 0.3) is 5.91 Å². The van der Waals surface area contributed by atoms with Crippen LogP contribution in [0.25, 0.3) is 0 Å². The number of likely N-dealkylation sites (N-methyl/N-ethyl adjacent to an activating group) is 1. The number of amides is 3. The first kappa shape index (κ1) is 28.1. The minimum absolute atomic E-state index is 0.0867. The molecule has 1 N–H and O–H groups in total. The Kier molecular flexibility index (Phi) is 8.39. The summed E-state index contributed by atoms with van der Waals surface area (Å²) in [6, 6.07) is 9.08. The fraction of sp³-hybridized carbons (Fsp3) is 0.393. The summed E-state index contributed by atoms with van der Waals surface area (Å²) in [5, 5.41) is 3.45. The summed E-state index contributed by atoms with van der Waals surface area (Å²) in [5.41, 5.74) is 1.85. The molecule has 0 aliphatic carbocycles. The summed E-state index contributed by atoms with van der Waals surface area (Å²) in [6.07, 6.45) is 0.720. The van der Waals surface area contributed by atoms with Crippen molar-refractivity contribution < 1.29 is 28.6 Å². The van der Waals surface area contributed by atoms with Crippen molar-refractivity contribution in [3.05, 3.63) is 68.8 Å². The van der Waals surface area contributed by atoms with E-state index >= 15 is 0 Å². The maximum Gasteiger partial charge on any atom is 0.338 e. The lowest BCUT2D eigenvalue weighted by atomic mass is 9.94. The van der Waals surface area contributed by atoms with Gasteiger partial charge in [-0.25, -0.2) is 9.59 Å². The van der Waals surface area contributed by atoms with E-state index in [0.717, 1.165) is 6.42 Å². The molecule has 3 aliphatic rings. The molecule has 0 aromatic heterocycles. The van der Waals surface area contributed by atoms with Gasteiger partial charge >= 0.3 is 12.0 Å². The summed E-state index contributed by atoms with van der Waals surface area (Å²) in [6.45, 7) is 4.62. The fourth-order valence-electron chi connectivity index (χ4n) is 5.13. The Morgan fingerprint density at radius 2 is 1.88 bits per heavy atom. The molecule has 10 nitrogen and oxygen atoms in total. The van der Waals surface area contributed by atoms with E-state index in [4.69, 9.17) is 37.4 Å². The molecule has 40 heavy (non-hydrogen) atoms. The number of urea groups is 1. The second-order valence-corrected chi connectivity index (χ2v) is 10.4. The largest absolute Gasteiger partial charge is 0.463 e. The van der Waals surface area contributed by atoms with Crippen LogP contribution in [-0.4, -0.2) is 85.8 Å². The van der Waals surface area contributed by atoms with Crippen LogP contribution in [0.1, 0.15) is 35.3 Å². The van der Waals surface area contributed by atoms with Gasteiger partial charge in [0.2, 0.25) is 6.79 Å². The van der Waals surface area contributed by atoms with E-state index in [9.17, 15) is 14.4 Å². The van der Waals surface area contributed by atoms with Crippen molar-refractivity contribution in [3.63, 3.8) is 0 Å². The molecule has 0 radical (unpaired) electrons. The topological polar surface area (TPSA) is 101 Å². The van der Waals surface area contributed by atoms with Gasteiger partial charge in [-0.3, -0.25) is 14.6 Å². The van der Waals surface area contributed by atoms with Crippen LogP contribution >= 0.6 is 23.2 Å². The lowest BCUT2D eigenvalue weighted by molar-refractivity contribution is -0.139. The van der Waals surface area contributed by atoms with Gasteiger partial charge in [0.1, 0.15) is 0 Å². The number of hydrogen-bond acceptors (Lipinski definition) is 7. The van der Waals surface area contributed by atoms with Crippen LogP contribution in [0, 0.1) is 0 Å². The normalized spacial score (nSPS) is 19.4. The third-order valence-corrected chi connectivity index (χ3v) is 8.07. The number of hydrogen-bond donors (Lipinski definition) is 1. The number of nitrogens with one attached hydrogen (secondary N) is 1. The average Bonchev–Trinajstić information content (AvgIpc) is 3.29. The quantitative estimate of drug-likeness (QED) is 0.507. The van der Waals surface area contributed by atoms with E-state index in [-0.39, 0.29) is 30.4 Å². The highest BCUT2D eigenvalue weighted by Crippen LogP contribution is 2.38. The molecular formula is C28H30Cl2N4O6. The van der Waals surface area contributed by atoms with Gasteiger partial charge in [0.05, 0.1) is 28.3 Å². The molecule has 2 aromatic carbocycles. The summed E-state index contributed by atoms with van der Waals surface area (Å²) in [4.78, 5) is 45.0. The second-order valence-electron chi connectivity index (χ2n) is 9.66. The monoisotopic (exact) mass is 588 g/mol. The van der Waals surface area contributed by atoms with Crippen LogP contribution in [0.5, 0.6) is 11.5 Å². The van der Waals surface area contributed by atoms with Crippen LogP contribution in [0.4, 0.5) is 4.79 Å². The Morgan fingerprint density at radius 1 is 1.07 bits per heavy atom. The molecule has 3 amide bonds. The van der Waals surface area contributed by atoms with Gasteiger partial charge in [-0.05, 0) is 43.2 Å². The predicted octanol–water partition coefficient (Wildman–Crippen LogP) is 4.08. The number of ether oxygens (including phenoxy) is 3. The molecule has 3 heterocycles. The maximum atomic E-state index is 13.3. The molecule has 0 bridgehead atoms. The van der Waals surface area contributed by atoms with E-state index in [1.165, 1.54) is 4.90 Å². The number of carbonyl (C=O) groups is 3. The highest BCUT2D eigenvalue weighted by Gasteiger charge is 2.38. The molecule has 0 unspecified atom stereocenters. The van der Waals surface area contributed by atoms with Crippen LogP contribution in [0.15, 0.2) is 47.7 Å². The van der Waals surface area contributed by atoms with Gasteiger partial charge < -0.3 is 24.4 Å². The van der Waals surface area contributed by atoms with E-state index in [2.05, 4.69) is 10.2 Å². The molecule has 12 heteroatoms. The van der Waals surface area contributed by atoms with Crippen LogP contribution in [0.2, 0.25) is 10.0 Å². The van der Waals surface area contributed by atoms with Gasteiger partial charge in [-0.2, -0.15) is 0 Å². The molecule has 1 saturated heterocycles. The highest BCUT2D eigenvalue weighted by molar-refractivity contribution is 6.42. The van der Waals surface area contributed by atoms with Gasteiger partial charge in [0, 0.05) is 51.0 Å². The van der Waals surface area contributed by atoms with Crippen LogP contribution in [-0.2, 0) is 9.53 Å². The summed E-state index contributed by atoms with van der Waals surface area (Å²) < 4.78 is 16.2. The minimum atomic E-state index is -0.833. The first-order valence-corrected chi connectivity index (χ1v) is 13.8. The van der Waals surface area contributed by atoms with Crippen LogP contribution in [0.3, 0.4) is 0 Å². The Hall–Kier alpha value is -3.47. The molecule has 0 saturated carbocycles. The highest BCUT2D eigenvalue weighted by atomic mass is 35.5. The number of esters is 1. The summed E-state index contributed by atoms with van der Waals surface area (Å²) in [5.74, 6) is 0.562. The van der Waals surface area contributed by atoms with Crippen molar-refractivity contribution in [1.29, 1.82) is 0 Å². The summed E-state index contributed by atoms with van der Waals surface area (Å²) >= 11 is 12.8. The van der Waals surface area contributed by atoms with E-state index in [1.54, 1.807) is 50.4 Å². The van der Waals surface area contributed by atoms with Crippen molar-refractivity contribution >= 4 is 41.1 Å². The summed E-state index contributed by atoms with van der Waals surface area (Å²) in [7, 11) is 1.62. The van der Waals surface area contributed by atoms with Gasteiger partial charge in [0.15, 0.2) is 11.5 Å². The molecule has 0 spiro atoms. The molecule has 5 rings (SSSR count). The number of carbonyl (C=O) groups excluding carboxylic acids is 3. The lowest BCUT2D eigenvalue weighted by Gasteiger charge is -2.37. The first-order valence-electron chi connectivity index (χ1n) is 13.1. The number of nitrogens with zero attached hydrogens (tertiary/aromatic N) is 3. The Labute approximate surface area is 242 Å². The fourth-order valence-corrected chi connectivity index (χ4v) is 5.55. The Bertz CT molecular complexity index is 1370. The van der Waals surface area contributed by atoms with Crippen molar-refractivity contribution in [2.45, 2.75) is 19.4 Å². The zero-order valence-electron chi connectivity index (χ0n) is 22.2. The number of benzene rings is 2. The van der Waals surface area contributed by atoms with E-state index in [0.29, 0.717) is 71.6 Å². The smallest absolute Gasteiger partial charge is 0.338 e.